The van der Waals surface area contributed by atoms with Crippen LogP contribution in [0.4, 0.5) is 5.69 Å². The molecule has 0 aliphatic carbocycles. The summed E-state index contributed by atoms with van der Waals surface area (Å²) in [4.78, 5) is 12.1. The van der Waals surface area contributed by atoms with Crippen molar-refractivity contribution < 1.29 is 14.3 Å². The number of hydrogen-bond donors (Lipinski definition) is 1. The molecule has 0 aliphatic rings. The Morgan fingerprint density at radius 1 is 1.44 bits per heavy atom. The first-order chi connectivity index (χ1) is 7.58. The Bertz CT molecular complexity index is 381. The molecule has 0 spiro atoms. The number of anilines is 1. The van der Waals surface area contributed by atoms with Gasteiger partial charge in [0.15, 0.2) is 0 Å². The van der Waals surface area contributed by atoms with E-state index in [0.717, 1.165) is 4.90 Å². The zero-order chi connectivity index (χ0) is 12.1. The van der Waals surface area contributed by atoms with Crippen LogP contribution < -0.4 is 10.5 Å². The predicted octanol–water partition coefficient (Wildman–Crippen LogP) is 1.93. The molecule has 16 heavy (non-hydrogen) atoms. The Balaban J connectivity index is 2.83. The molecule has 1 aromatic carbocycles. The van der Waals surface area contributed by atoms with Crippen molar-refractivity contribution in [2.75, 3.05) is 20.0 Å². The number of hydrogen-bond acceptors (Lipinski definition) is 5. The molecule has 0 amide bonds. The Labute approximate surface area is 99.1 Å². The summed E-state index contributed by atoms with van der Waals surface area (Å²) in [5.74, 6) is 0.445. The van der Waals surface area contributed by atoms with Crippen molar-refractivity contribution >= 4 is 23.4 Å². The van der Waals surface area contributed by atoms with Crippen LogP contribution in [0.15, 0.2) is 23.1 Å². The van der Waals surface area contributed by atoms with E-state index in [-0.39, 0.29) is 11.2 Å². The minimum absolute atomic E-state index is 0.271. The molecule has 1 aromatic rings. The summed E-state index contributed by atoms with van der Waals surface area (Å²) >= 11 is 1.35. The minimum Gasteiger partial charge on any atom is -0.497 e. The largest absolute Gasteiger partial charge is 0.497 e. The lowest BCUT2D eigenvalue weighted by atomic mass is 10.3. The SMILES string of the molecule is COC(=O)C(C)Sc1cc(OC)ccc1N. The molecule has 0 saturated heterocycles. The third-order valence-electron chi connectivity index (χ3n) is 2.06. The van der Waals surface area contributed by atoms with Crippen molar-refractivity contribution in [2.45, 2.75) is 17.1 Å². The van der Waals surface area contributed by atoms with Crippen LogP contribution in [0.3, 0.4) is 0 Å². The molecule has 1 rings (SSSR count). The van der Waals surface area contributed by atoms with E-state index in [1.807, 2.05) is 0 Å². The standard InChI is InChI=1S/C11H15NO3S/c1-7(11(13)15-3)16-10-6-8(14-2)4-5-9(10)12/h4-7H,12H2,1-3H3. The summed E-state index contributed by atoms with van der Waals surface area (Å²) in [6.45, 7) is 1.77. The maximum atomic E-state index is 11.3. The third-order valence-corrected chi connectivity index (χ3v) is 3.21. The zero-order valence-corrected chi connectivity index (χ0v) is 10.3. The van der Waals surface area contributed by atoms with Gasteiger partial charge in [-0.15, -0.1) is 11.8 Å². The van der Waals surface area contributed by atoms with Gasteiger partial charge in [0, 0.05) is 10.6 Å². The second-order valence-electron chi connectivity index (χ2n) is 3.19. The number of ether oxygens (including phenoxy) is 2. The molecule has 0 heterocycles. The van der Waals surface area contributed by atoms with Crippen LogP contribution in [0, 0.1) is 0 Å². The maximum Gasteiger partial charge on any atom is 0.318 e. The van der Waals surface area contributed by atoms with E-state index in [4.69, 9.17) is 10.5 Å². The van der Waals surface area contributed by atoms with Crippen molar-refractivity contribution in [3.8, 4) is 5.75 Å². The van der Waals surface area contributed by atoms with Gasteiger partial charge in [-0.25, -0.2) is 0 Å². The number of esters is 1. The number of methoxy groups -OCH3 is 2. The fourth-order valence-electron chi connectivity index (χ4n) is 1.15. The van der Waals surface area contributed by atoms with Crippen molar-refractivity contribution in [3.05, 3.63) is 18.2 Å². The van der Waals surface area contributed by atoms with Gasteiger partial charge in [0.1, 0.15) is 11.0 Å². The van der Waals surface area contributed by atoms with Gasteiger partial charge >= 0.3 is 5.97 Å². The summed E-state index contributed by atoms with van der Waals surface area (Å²) < 4.78 is 9.74. The van der Waals surface area contributed by atoms with Gasteiger partial charge in [0.25, 0.3) is 0 Å². The molecular formula is C11H15NO3S. The van der Waals surface area contributed by atoms with Gasteiger partial charge in [-0.3, -0.25) is 4.79 Å². The maximum absolute atomic E-state index is 11.3. The number of nitrogens with two attached hydrogens (primary N) is 1. The summed E-state index contributed by atoms with van der Waals surface area (Å²) in [7, 11) is 2.96. The van der Waals surface area contributed by atoms with E-state index in [1.54, 1.807) is 32.2 Å². The lowest BCUT2D eigenvalue weighted by molar-refractivity contribution is -0.139. The summed E-state index contributed by atoms with van der Waals surface area (Å²) in [5.41, 5.74) is 6.43. The fraction of sp³-hybridized carbons (Fsp3) is 0.364. The van der Waals surface area contributed by atoms with Crippen molar-refractivity contribution in [1.82, 2.24) is 0 Å². The molecule has 5 heteroatoms. The zero-order valence-electron chi connectivity index (χ0n) is 9.52. The molecule has 1 atom stereocenters. The molecule has 0 radical (unpaired) electrons. The van der Waals surface area contributed by atoms with E-state index >= 15 is 0 Å². The first-order valence-electron chi connectivity index (χ1n) is 4.76. The average molecular weight is 241 g/mol. The molecular weight excluding hydrogens is 226 g/mol. The topological polar surface area (TPSA) is 61.5 Å². The molecule has 1 unspecified atom stereocenters. The Hall–Kier alpha value is -1.36. The minimum atomic E-state index is -0.292. The smallest absolute Gasteiger partial charge is 0.318 e. The second kappa shape index (κ2) is 5.65. The number of carbonyl (C=O) groups is 1. The van der Waals surface area contributed by atoms with Crippen LogP contribution in [0.1, 0.15) is 6.92 Å². The third kappa shape index (κ3) is 3.06. The number of benzene rings is 1. The highest BCUT2D eigenvalue weighted by Crippen LogP contribution is 2.32. The summed E-state index contributed by atoms with van der Waals surface area (Å²) in [6.07, 6.45) is 0. The van der Waals surface area contributed by atoms with Crippen LogP contribution in [-0.4, -0.2) is 25.4 Å². The van der Waals surface area contributed by atoms with Crippen LogP contribution in [-0.2, 0) is 9.53 Å². The van der Waals surface area contributed by atoms with Crippen LogP contribution in [0.25, 0.3) is 0 Å². The molecule has 0 aliphatic heterocycles. The number of nitrogen functional groups attached to an aromatic ring is 1. The van der Waals surface area contributed by atoms with Gasteiger partial charge in [-0.05, 0) is 25.1 Å². The first-order valence-corrected chi connectivity index (χ1v) is 5.64. The van der Waals surface area contributed by atoms with Crippen molar-refractivity contribution in [2.24, 2.45) is 0 Å². The van der Waals surface area contributed by atoms with Crippen molar-refractivity contribution in [3.63, 3.8) is 0 Å². The molecule has 0 saturated carbocycles. The molecule has 88 valence electrons. The number of rotatable bonds is 4. The molecule has 0 fully saturated rings. The Kier molecular flexibility index (Phi) is 4.49. The number of thioether (sulfide) groups is 1. The molecule has 2 N–H and O–H groups in total. The highest BCUT2D eigenvalue weighted by Gasteiger charge is 2.16. The average Bonchev–Trinajstić information content (AvgIpc) is 2.30. The molecule has 0 bridgehead atoms. The van der Waals surface area contributed by atoms with Crippen LogP contribution >= 0.6 is 11.8 Å². The van der Waals surface area contributed by atoms with Crippen molar-refractivity contribution in [1.29, 1.82) is 0 Å². The van der Waals surface area contributed by atoms with E-state index in [1.165, 1.54) is 18.9 Å². The molecule has 0 aromatic heterocycles. The summed E-state index contributed by atoms with van der Waals surface area (Å²) in [5, 5.41) is -0.292. The lowest BCUT2D eigenvalue weighted by Gasteiger charge is -2.11. The fourth-order valence-corrected chi connectivity index (χ4v) is 2.11. The van der Waals surface area contributed by atoms with Gasteiger partial charge in [0.05, 0.1) is 14.2 Å². The second-order valence-corrected chi connectivity index (χ2v) is 4.57. The number of carbonyl (C=O) groups excluding carboxylic acids is 1. The van der Waals surface area contributed by atoms with Gasteiger partial charge in [-0.2, -0.15) is 0 Å². The van der Waals surface area contributed by atoms with E-state index in [2.05, 4.69) is 4.74 Å². The quantitative estimate of drug-likeness (QED) is 0.496. The molecule has 4 nitrogen and oxygen atoms in total. The monoisotopic (exact) mass is 241 g/mol. The lowest BCUT2D eigenvalue weighted by Crippen LogP contribution is -2.14. The summed E-state index contributed by atoms with van der Waals surface area (Å²) in [6, 6.07) is 5.34. The van der Waals surface area contributed by atoms with Gasteiger partial charge in [0.2, 0.25) is 0 Å². The Morgan fingerprint density at radius 2 is 2.12 bits per heavy atom. The Morgan fingerprint density at radius 3 is 2.69 bits per heavy atom. The highest BCUT2D eigenvalue weighted by molar-refractivity contribution is 8.00. The van der Waals surface area contributed by atoms with Crippen LogP contribution in [0.5, 0.6) is 5.75 Å². The van der Waals surface area contributed by atoms with E-state index < -0.39 is 0 Å². The van der Waals surface area contributed by atoms with E-state index in [9.17, 15) is 4.79 Å². The van der Waals surface area contributed by atoms with Gasteiger partial charge < -0.3 is 15.2 Å². The normalized spacial score (nSPS) is 11.9. The highest BCUT2D eigenvalue weighted by atomic mass is 32.2. The van der Waals surface area contributed by atoms with Crippen LogP contribution in [0.2, 0.25) is 0 Å². The predicted molar refractivity (Wildman–Crippen MR) is 64.7 cm³/mol. The first kappa shape index (κ1) is 12.7. The van der Waals surface area contributed by atoms with E-state index in [0.29, 0.717) is 11.4 Å². The van der Waals surface area contributed by atoms with Gasteiger partial charge in [-0.1, -0.05) is 0 Å².